The maximum Gasteiger partial charge on any atom is 0.207 e. The van der Waals surface area contributed by atoms with Crippen molar-refractivity contribution in [2.24, 2.45) is 0 Å². The second-order valence-electron chi connectivity index (χ2n) is 7.97. The van der Waals surface area contributed by atoms with Crippen LogP contribution in [0.15, 0.2) is 71.3 Å². The van der Waals surface area contributed by atoms with Crippen molar-refractivity contribution in [2.75, 3.05) is 7.05 Å². The molecule has 6 nitrogen and oxygen atoms in total. The monoisotopic (exact) mass is 464 g/mol. The summed E-state index contributed by atoms with van der Waals surface area (Å²) < 4.78 is 10.3. The maximum absolute atomic E-state index is 6.14. The van der Waals surface area contributed by atoms with E-state index in [0.29, 0.717) is 16.5 Å². The van der Waals surface area contributed by atoms with Crippen molar-refractivity contribution >= 4 is 34.7 Å². The number of aromatic amines is 1. The Balaban J connectivity index is 1.59. The summed E-state index contributed by atoms with van der Waals surface area (Å²) in [5, 5.41) is 6.74. The minimum absolute atomic E-state index is 0.606. The van der Waals surface area contributed by atoms with Crippen molar-refractivity contribution in [2.45, 2.75) is 20.1 Å². The van der Waals surface area contributed by atoms with Crippen LogP contribution >= 0.6 is 23.8 Å². The Morgan fingerprint density at radius 3 is 2.62 bits per heavy atom. The number of nitrogens with zero attached hydrogens (tertiary/aromatic N) is 3. The number of nitrogens with one attached hydrogen (secondary N) is 2. The van der Waals surface area contributed by atoms with E-state index in [2.05, 4.69) is 24.2 Å². The lowest BCUT2D eigenvalue weighted by molar-refractivity contribution is -0.918. The van der Waals surface area contributed by atoms with Gasteiger partial charge in [-0.15, -0.1) is 5.10 Å². The van der Waals surface area contributed by atoms with Crippen LogP contribution in [0.1, 0.15) is 11.5 Å². The summed E-state index contributed by atoms with van der Waals surface area (Å²) in [6.45, 7) is 3.30. The van der Waals surface area contributed by atoms with Gasteiger partial charge in [-0.05, 0) is 61.6 Å². The van der Waals surface area contributed by atoms with Crippen LogP contribution < -0.4 is 4.90 Å². The SMILES string of the molecule is Cc1ccc(C[NH+](C)Cn2nc(-c3c[nH]c4ccccc34)n(-c3ccc(Cl)cc3)c2=S)o1. The molecule has 0 saturated heterocycles. The molecule has 0 fully saturated rings. The molecule has 1 atom stereocenters. The fraction of sp³-hybridized carbons (Fsp3) is 0.167. The molecule has 2 N–H and O–H groups in total. The van der Waals surface area contributed by atoms with Crippen LogP contribution in [0.25, 0.3) is 28.0 Å². The number of aromatic nitrogens is 4. The Labute approximate surface area is 195 Å². The molecule has 0 bridgehead atoms. The molecule has 0 radical (unpaired) electrons. The third-order valence-corrected chi connectivity index (χ3v) is 6.09. The van der Waals surface area contributed by atoms with Crippen LogP contribution in [0.5, 0.6) is 0 Å². The van der Waals surface area contributed by atoms with Gasteiger partial charge in [0.15, 0.2) is 18.3 Å². The molecular weight excluding hydrogens is 442 g/mol. The highest BCUT2D eigenvalue weighted by Gasteiger charge is 2.19. The first kappa shape index (κ1) is 20.8. The molecule has 162 valence electrons. The Hall–Kier alpha value is -3.13. The number of hydrogen-bond acceptors (Lipinski definition) is 3. The number of benzene rings is 2. The van der Waals surface area contributed by atoms with Crippen LogP contribution in [0.4, 0.5) is 0 Å². The summed E-state index contributed by atoms with van der Waals surface area (Å²) in [6, 6.07) is 19.8. The molecule has 8 heteroatoms. The molecular formula is C24H23ClN5OS+. The lowest BCUT2D eigenvalue weighted by Crippen LogP contribution is -3.07. The second-order valence-corrected chi connectivity index (χ2v) is 8.77. The molecule has 0 aliphatic heterocycles. The van der Waals surface area contributed by atoms with Crippen molar-refractivity contribution in [1.82, 2.24) is 19.3 Å². The first-order valence-corrected chi connectivity index (χ1v) is 11.2. The number of rotatable bonds is 6. The molecule has 32 heavy (non-hydrogen) atoms. The van der Waals surface area contributed by atoms with Gasteiger partial charge in [0.05, 0.1) is 12.7 Å². The van der Waals surface area contributed by atoms with Crippen LogP contribution in [0.2, 0.25) is 5.02 Å². The summed E-state index contributed by atoms with van der Waals surface area (Å²) in [7, 11) is 2.10. The molecule has 2 aromatic carbocycles. The van der Waals surface area contributed by atoms with Gasteiger partial charge in [-0.3, -0.25) is 4.57 Å². The fourth-order valence-corrected chi connectivity index (χ4v) is 4.38. The molecule has 5 rings (SSSR count). The van der Waals surface area contributed by atoms with Gasteiger partial charge in [0.1, 0.15) is 12.3 Å². The van der Waals surface area contributed by atoms with E-state index >= 15 is 0 Å². The van der Waals surface area contributed by atoms with Crippen LogP contribution in [-0.4, -0.2) is 26.4 Å². The molecule has 1 unspecified atom stereocenters. The minimum Gasteiger partial charge on any atom is -0.460 e. The minimum atomic E-state index is 0.606. The van der Waals surface area contributed by atoms with E-state index in [1.807, 2.05) is 70.9 Å². The van der Waals surface area contributed by atoms with E-state index in [4.69, 9.17) is 33.3 Å². The van der Waals surface area contributed by atoms with Crippen molar-refractivity contribution in [1.29, 1.82) is 0 Å². The van der Waals surface area contributed by atoms with E-state index < -0.39 is 0 Å². The highest BCUT2D eigenvalue weighted by molar-refractivity contribution is 7.71. The Morgan fingerprint density at radius 2 is 1.88 bits per heavy atom. The van der Waals surface area contributed by atoms with Crippen LogP contribution in [0.3, 0.4) is 0 Å². The normalized spacial score (nSPS) is 12.5. The van der Waals surface area contributed by atoms with E-state index in [1.54, 1.807) is 0 Å². The average molecular weight is 465 g/mol. The van der Waals surface area contributed by atoms with Crippen molar-refractivity contribution in [3.63, 3.8) is 0 Å². The molecule has 0 saturated carbocycles. The van der Waals surface area contributed by atoms with Gasteiger partial charge < -0.3 is 14.3 Å². The van der Waals surface area contributed by atoms with Crippen LogP contribution in [-0.2, 0) is 13.2 Å². The lowest BCUT2D eigenvalue weighted by Gasteiger charge is -2.12. The van der Waals surface area contributed by atoms with Gasteiger partial charge in [0.25, 0.3) is 0 Å². The maximum atomic E-state index is 6.14. The third kappa shape index (κ3) is 3.90. The number of H-pyrrole nitrogens is 1. The predicted octanol–water partition coefficient (Wildman–Crippen LogP) is 4.78. The number of quaternary nitrogens is 1. The molecule has 3 heterocycles. The van der Waals surface area contributed by atoms with Gasteiger partial charge in [-0.25, -0.2) is 0 Å². The molecule has 0 aliphatic carbocycles. The van der Waals surface area contributed by atoms with Gasteiger partial charge >= 0.3 is 0 Å². The predicted molar refractivity (Wildman–Crippen MR) is 129 cm³/mol. The number of furan rings is 1. The Morgan fingerprint density at radius 1 is 1.09 bits per heavy atom. The number of aryl methyl sites for hydroxylation is 1. The van der Waals surface area contributed by atoms with Gasteiger partial charge in [0, 0.05) is 27.7 Å². The van der Waals surface area contributed by atoms with Crippen molar-refractivity contribution < 1.29 is 9.32 Å². The number of halogens is 1. The van der Waals surface area contributed by atoms with Crippen molar-refractivity contribution in [3.8, 4) is 17.1 Å². The number of para-hydroxylation sites is 1. The van der Waals surface area contributed by atoms with E-state index in [1.165, 1.54) is 4.90 Å². The largest absolute Gasteiger partial charge is 0.460 e. The first-order chi connectivity index (χ1) is 15.5. The molecule has 0 spiro atoms. The van der Waals surface area contributed by atoms with E-state index in [-0.39, 0.29) is 0 Å². The smallest absolute Gasteiger partial charge is 0.207 e. The lowest BCUT2D eigenvalue weighted by atomic mass is 10.1. The van der Waals surface area contributed by atoms with Gasteiger partial charge in [0.2, 0.25) is 4.77 Å². The molecule has 0 aliphatic rings. The zero-order chi connectivity index (χ0) is 22.2. The standard InChI is InChI=1S/C24H22ClN5OS/c1-16-7-12-19(31-16)14-28(2)15-29-24(32)30(18-10-8-17(25)9-11-18)23(27-29)21-13-26-22-6-4-3-5-20(21)22/h3-13,26H,14-15H2,1-2H3/p+1. The topological polar surface area (TPSA) is 56.1 Å². The highest BCUT2D eigenvalue weighted by atomic mass is 35.5. The van der Waals surface area contributed by atoms with Crippen molar-refractivity contribution in [3.05, 3.63) is 88.2 Å². The zero-order valence-corrected chi connectivity index (χ0v) is 19.4. The average Bonchev–Trinajstić information content (AvgIpc) is 3.47. The third-order valence-electron chi connectivity index (χ3n) is 5.45. The van der Waals surface area contributed by atoms with E-state index in [9.17, 15) is 0 Å². The fourth-order valence-electron chi connectivity index (χ4n) is 3.95. The number of fused-ring (bicyclic) bond motifs is 1. The van der Waals surface area contributed by atoms with E-state index in [0.717, 1.165) is 46.0 Å². The number of hydrogen-bond donors (Lipinski definition) is 2. The quantitative estimate of drug-likeness (QED) is 0.355. The summed E-state index contributed by atoms with van der Waals surface area (Å²) in [4.78, 5) is 4.55. The molecule has 3 aromatic heterocycles. The summed E-state index contributed by atoms with van der Waals surface area (Å²) in [5.74, 6) is 2.65. The van der Waals surface area contributed by atoms with Crippen LogP contribution in [0, 0.1) is 11.7 Å². The summed E-state index contributed by atoms with van der Waals surface area (Å²) in [5.41, 5.74) is 2.98. The molecule has 5 aromatic rings. The first-order valence-electron chi connectivity index (χ1n) is 10.4. The summed E-state index contributed by atoms with van der Waals surface area (Å²) >= 11 is 12.0. The Bertz CT molecular complexity index is 1440. The summed E-state index contributed by atoms with van der Waals surface area (Å²) in [6.07, 6.45) is 1.99. The highest BCUT2D eigenvalue weighted by Crippen LogP contribution is 2.30. The zero-order valence-electron chi connectivity index (χ0n) is 17.8. The van der Waals surface area contributed by atoms with Gasteiger partial charge in [-0.1, -0.05) is 29.8 Å². The molecule has 0 amide bonds. The van der Waals surface area contributed by atoms with Gasteiger partial charge in [-0.2, -0.15) is 4.68 Å². The second kappa shape index (κ2) is 8.43. The Kier molecular flexibility index (Phi) is 5.46.